The van der Waals surface area contributed by atoms with Gasteiger partial charge in [-0.05, 0) is 12.5 Å². The average molecular weight is 501 g/mol. The number of hydrogen-bond acceptors (Lipinski definition) is 9. The van der Waals surface area contributed by atoms with Crippen molar-refractivity contribution in [3.05, 3.63) is 29.3 Å². The smallest absolute Gasteiger partial charge is 0.360 e. The number of aldehydes is 1. The number of terminal acetylenes is 1. The van der Waals surface area contributed by atoms with Crippen LogP contribution < -0.4 is 0 Å². The van der Waals surface area contributed by atoms with Crippen molar-refractivity contribution in [2.45, 2.75) is 17.2 Å². The Labute approximate surface area is 195 Å². The number of nitrogens with zero attached hydrogens (tertiary/aromatic N) is 6. The molecule has 0 spiro atoms. The average Bonchev–Trinajstić information content (AvgIpc) is 3.35. The van der Waals surface area contributed by atoms with Gasteiger partial charge in [0, 0.05) is 35.2 Å². The zero-order valence-corrected chi connectivity index (χ0v) is 21.3. The molecule has 0 aliphatic rings. The summed E-state index contributed by atoms with van der Waals surface area (Å²) in [5.74, 6) is 1.87. The largest absolute Gasteiger partial charge is 0.446 e. The molecule has 0 unspecified atom stereocenters. The van der Waals surface area contributed by atoms with Crippen LogP contribution in [0.4, 0.5) is 0 Å². The van der Waals surface area contributed by atoms with Crippen LogP contribution in [-0.4, -0.2) is 68.1 Å². The molecule has 0 radical (unpaired) electrons. The third-order valence-corrected chi connectivity index (χ3v) is 7.08. The van der Waals surface area contributed by atoms with Gasteiger partial charge in [0.05, 0.1) is 12.4 Å². The molecule has 0 aliphatic heterocycles. The zero-order valence-electron chi connectivity index (χ0n) is 18.8. The highest BCUT2D eigenvalue weighted by Gasteiger charge is 2.41. The highest BCUT2D eigenvalue weighted by atomic mass is 32.2. The molecule has 0 saturated carbocycles. The second-order valence-electron chi connectivity index (χ2n) is 5.52. The highest BCUT2D eigenvalue weighted by molar-refractivity contribution is 7.98. The number of thioether (sulfide) groups is 2. The van der Waals surface area contributed by atoms with Crippen LogP contribution in [0, 0.1) is 12.3 Å². The Balaban J connectivity index is 0.000000452. The normalized spacial score (nSPS) is 9.94. The fourth-order valence-corrected chi connectivity index (χ4v) is 4.04. The van der Waals surface area contributed by atoms with E-state index in [-0.39, 0.29) is 0 Å². The first-order valence-electron chi connectivity index (χ1n) is 8.58. The number of ketones is 1. The van der Waals surface area contributed by atoms with Gasteiger partial charge in [-0.15, -0.1) is 6.42 Å². The molecule has 2 aromatic rings. The molecule has 0 N–H and O–H groups in total. The molecule has 0 bridgehead atoms. The van der Waals surface area contributed by atoms with Crippen LogP contribution >= 0.6 is 31.1 Å². The highest BCUT2D eigenvalue weighted by Crippen LogP contribution is 2.47. The lowest BCUT2D eigenvalue weighted by Gasteiger charge is -2.05. The van der Waals surface area contributed by atoms with Crippen LogP contribution in [0.15, 0.2) is 22.7 Å². The molecule has 0 fully saturated rings. The van der Waals surface area contributed by atoms with E-state index < -0.39 is 18.8 Å². The summed E-state index contributed by atoms with van der Waals surface area (Å²) < 4.78 is 23.9. The quantitative estimate of drug-likeness (QED) is 0.107. The van der Waals surface area contributed by atoms with E-state index in [2.05, 4.69) is 29.7 Å². The monoisotopic (exact) mass is 500 g/mol. The number of carbonyl (C=O) groups excluding carboxylic acids is 2. The van der Waals surface area contributed by atoms with Crippen LogP contribution in [0.3, 0.4) is 0 Å². The Hall–Kier alpha value is -2.45. The molecule has 2 rings (SSSR count). The Morgan fingerprint density at radius 3 is 1.91 bits per heavy atom. The van der Waals surface area contributed by atoms with Crippen molar-refractivity contribution in [2.75, 3.05) is 26.7 Å². The molecule has 0 aliphatic carbocycles. The van der Waals surface area contributed by atoms with Crippen molar-refractivity contribution in [3.8, 4) is 12.3 Å². The van der Waals surface area contributed by atoms with Crippen molar-refractivity contribution >= 4 is 48.6 Å². The summed E-state index contributed by atoms with van der Waals surface area (Å²) in [6.07, 6.45) is 13.2. The number of hydrogen-bond donors (Lipinski definition) is 0. The van der Waals surface area contributed by atoms with Gasteiger partial charge in [-0.3, -0.25) is 9.59 Å². The minimum Gasteiger partial charge on any atom is -0.360 e. The summed E-state index contributed by atoms with van der Waals surface area (Å²) in [5, 5.41) is 1.81. The minimum absolute atomic E-state index is 0.604. The van der Waals surface area contributed by atoms with Crippen molar-refractivity contribution in [1.82, 2.24) is 19.1 Å². The first kappa shape index (κ1) is 29.5. The van der Waals surface area contributed by atoms with E-state index in [1.165, 1.54) is 11.8 Å². The summed E-state index contributed by atoms with van der Waals surface area (Å²) in [6, 6.07) is 0. The van der Waals surface area contributed by atoms with Gasteiger partial charge in [0.25, 0.3) is 0 Å². The maximum atomic E-state index is 11.4. The standard InChI is InChI=1S/C7H8N2S.C6H8N2OS.C5H9N2O4P/c1-4-6-5-8-7(10-3)9(6)2;1-8-5(4-9)3-7-6(8)10-2;1-4(8)5(7-6)12(9,10-2)11-3/h1,5H,2-3H3;3-4H,1-2H3;1-3H3. The number of rotatable bonds is 7. The van der Waals surface area contributed by atoms with E-state index in [4.69, 9.17) is 12.0 Å². The van der Waals surface area contributed by atoms with Crippen LogP contribution in [-0.2, 0) is 32.5 Å². The van der Waals surface area contributed by atoms with Gasteiger partial charge in [-0.25, -0.2) is 14.5 Å². The molecule has 174 valence electrons. The Morgan fingerprint density at radius 2 is 1.69 bits per heavy atom. The van der Waals surface area contributed by atoms with Crippen LogP contribution in [0.5, 0.6) is 0 Å². The van der Waals surface area contributed by atoms with Crippen molar-refractivity contribution < 1.29 is 28.0 Å². The van der Waals surface area contributed by atoms with Crippen LogP contribution in [0.25, 0.3) is 5.53 Å². The van der Waals surface area contributed by atoms with Crippen LogP contribution in [0.1, 0.15) is 23.1 Å². The maximum Gasteiger partial charge on any atom is 0.446 e. The molecule has 2 aromatic heterocycles. The lowest BCUT2D eigenvalue weighted by Crippen LogP contribution is -2.13. The van der Waals surface area contributed by atoms with Crippen molar-refractivity contribution in [3.63, 3.8) is 0 Å². The molecule has 2 heterocycles. The zero-order chi connectivity index (χ0) is 24.9. The first-order valence-corrected chi connectivity index (χ1v) is 12.6. The van der Waals surface area contributed by atoms with Gasteiger partial charge in [-0.2, -0.15) is 4.79 Å². The Morgan fingerprint density at radius 1 is 1.19 bits per heavy atom. The number of imidazole rings is 2. The summed E-state index contributed by atoms with van der Waals surface area (Å²) in [6.45, 7) is 1.10. The lowest BCUT2D eigenvalue weighted by atomic mass is 10.5. The molecule has 0 aromatic carbocycles. The van der Waals surface area contributed by atoms with E-state index in [1.54, 1.807) is 28.7 Å². The molecule has 14 heteroatoms. The third-order valence-electron chi connectivity index (χ3n) is 3.71. The van der Waals surface area contributed by atoms with Crippen LogP contribution in [0.2, 0.25) is 0 Å². The summed E-state index contributed by atoms with van der Waals surface area (Å²) in [7, 11) is 2.23. The SMILES string of the molecule is C#Cc1cnc(SC)n1C.COP(=O)(OC)C(=[N+]=[N-])C(C)=O.CSc1ncc(C=O)n1C. The predicted octanol–water partition coefficient (Wildman–Crippen LogP) is 2.77. The molecule has 0 amide bonds. The van der Waals surface area contributed by atoms with Gasteiger partial charge in [0.15, 0.2) is 16.6 Å². The third kappa shape index (κ3) is 7.91. The fourth-order valence-electron chi connectivity index (χ4n) is 1.99. The minimum atomic E-state index is -3.70. The topological polar surface area (TPSA) is 142 Å². The maximum absolute atomic E-state index is 11.4. The number of Topliss-reactive ketones (excluding diaryl/α,β-unsaturated/α-hetero) is 1. The predicted molar refractivity (Wildman–Crippen MR) is 124 cm³/mol. The van der Waals surface area contributed by atoms with Gasteiger partial charge < -0.3 is 23.7 Å². The van der Waals surface area contributed by atoms with E-state index in [0.717, 1.165) is 43.4 Å². The Bertz CT molecular complexity index is 1060. The molecular weight excluding hydrogens is 475 g/mol. The molecule has 32 heavy (non-hydrogen) atoms. The summed E-state index contributed by atoms with van der Waals surface area (Å²) in [5.41, 5.74) is 9.16. The fraction of sp³-hybridized carbons (Fsp3) is 0.389. The van der Waals surface area contributed by atoms with Gasteiger partial charge in [-0.1, -0.05) is 29.4 Å². The molecule has 0 atom stereocenters. The number of carbonyl (C=O) groups is 2. The summed E-state index contributed by atoms with van der Waals surface area (Å²) >= 11 is 3.11. The first-order chi connectivity index (χ1) is 15.1. The van der Waals surface area contributed by atoms with Gasteiger partial charge in [0.2, 0.25) is 5.78 Å². The van der Waals surface area contributed by atoms with Crippen molar-refractivity contribution in [1.29, 1.82) is 0 Å². The Kier molecular flexibility index (Phi) is 13.5. The second-order valence-corrected chi connectivity index (χ2v) is 9.22. The van der Waals surface area contributed by atoms with E-state index >= 15 is 0 Å². The van der Waals surface area contributed by atoms with E-state index in [1.807, 2.05) is 31.2 Å². The second kappa shape index (κ2) is 14.6. The molecular formula is C18H25N6O5PS2. The summed E-state index contributed by atoms with van der Waals surface area (Å²) in [4.78, 5) is 31.6. The van der Waals surface area contributed by atoms with E-state index in [9.17, 15) is 14.2 Å². The molecule has 0 saturated heterocycles. The van der Waals surface area contributed by atoms with Gasteiger partial charge in [0.1, 0.15) is 11.4 Å². The van der Waals surface area contributed by atoms with E-state index in [0.29, 0.717) is 5.69 Å². The lowest BCUT2D eigenvalue weighted by molar-refractivity contribution is -0.114. The number of aromatic nitrogens is 4. The van der Waals surface area contributed by atoms with Gasteiger partial charge >= 0.3 is 13.0 Å². The van der Waals surface area contributed by atoms with Crippen molar-refractivity contribution in [2.24, 2.45) is 14.1 Å². The molecule has 11 nitrogen and oxygen atoms in total.